The highest BCUT2D eigenvalue weighted by Crippen LogP contribution is 2.29. The monoisotopic (exact) mass is 399 g/mol. The molecule has 28 heavy (non-hydrogen) atoms. The van der Waals surface area contributed by atoms with Crippen molar-refractivity contribution < 1.29 is 13.2 Å². The molecule has 0 spiro atoms. The first-order chi connectivity index (χ1) is 13.3. The first-order valence-electron chi connectivity index (χ1n) is 9.87. The summed E-state index contributed by atoms with van der Waals surface area (Å²) in [6, 6.07) is 5.16. The van der Waals surface area contributed by atoms with Gasteiger partial charge >= 0.3 is 6.18 Å². The van der Waals surface area contributed by atoms with Crippen LogP contribution in [0.25, 0.3) is 0 Å². The Kier molecular flexibility index (Phi) is 8.57. The lowest BCUT2D eigenvalue weighted by Crippen LogP contribution is -2.47. The van der Waals surface area contributed by atoms with Crippen molar-refractivity contribution in [1.29, 1.82) is 0 Å². The van der Waals surface area contributed by atoms with Crippen LogP contribution < -0.4 is 10.6 Å². The quantitative estimate of drug-likeness (QED) is 0.547. The maximum absolute atomic E-state index is 12.6. The minimum atomic E-state index is -4.31. The maximum atomic E-state index is 12.6. The number of aliphatic imine (C=N–C) groups is 1. The second kappa shape index (κ2) is 10.7. The molecule has 1 aliphatic rings. The Bertz CT molecular complexity index is 607. The lowest BCUT2D eigenvalue weighted by molar-refractivity contribution is -0.137. The molecular formula is C20H32F3N5. The van der Waals surface area contributed by atoms with E-state index in [1.54, 1.807) is 0 Å². The fourth-order valence-electron chi connectivity index (χ4n) is 3.12. The van der Waals surface area contributed by atoms with E-state index in [4.69, 9.17) is 0 Å². The number of rotatable bonds is 7. The largest absolute Gasteiger partial charge is 0.416 e. The molecule has 1 saturated heterocycles. The van der Waals surface area contributed by atoms with Crippen LogP contribution in [0.4, 0.5) is 13.2 Å². The molecule has 1 aliphatic heterocycles. The van der Waals surface area contributed by atoms with Gasteiger partial charge in [-0.15, -0.1) is 0 Å². The molecule has 8 heteroatoms. The summed E-state index contributed by atoms with van der Waals surface area (Å²) in [6.07, 6.45) is -4.31. The zero-order valence-corrected chi connectivity index (χ0v) is 17.0. The predicted octanol–water partition coefficient (Wildman–Crippen LogP) is 2.64. The van der Waals surface area contributed by atoms with Crippen molar-refractivity contribution in [1.82, 2.24) is 20.4 Å². The third-order valence-corrected chi connectivity index (χ3v) is 4.83. The van der Waals surface area contributed by atoms with Gasteiger partial charge in [-0.2, -0.15) is 13.2 Å². The second-order valence-electron chi connectivity index (χ2n) is 7.48. The van der Waals surface area contributed by atoms with Crippen LogP contribution in [-0.2, 0) is 12.7 Å². The number of nitrogens with one attached hydrogen (secondary N) is 2. The summed E-state index contributed by atoms with van der Waals surface area (Å²) in [5.41, 5.74) is 0.110. The number of nitrogens with zero attached hydrogens (tertiary/aromatic N) is 3. The van der Waals surface area contributed by atoms with Gasteiger partial charge in [0.1, 0.15) is 0 Å². The van der Waals surface area contributed by atoms with Gasteiger partial charge in [0.2, 0.25) is 0 Å². The average Bonchev–Trinajstić information content (AvgIpc) is 2.65. The molecule has 0 aliphatic carbocycles. The van der Waals surface area contributed by atoms with E-state index in [-0.39, 0.29) is 0 Å². The fourth-order valence-corrected chi connectivity index (χ4v) is 3.12. The molecule has 1 aromatic rings. The van der Waals surface area contributed by atoms with E-state index in [1.807, 2.05) is 6.92 Å². The third kappa shape index (κ3) is 7.67. The van der Waals surface area contributed by atoms with E-state index in [1.165, 1.54) is 12.1 Å². The van der Waals surface area contributed by atoms with Gasteiger partial charge in [-0.25, -0.2) is 4.99 Å². The second-order valence-corrected chi connectivity index (χ2v) is 7.48. The van der Waals surface area contributed by atoms with Gasteiger partial charge in [-0.1, -0.05) is 19.1 Å². The van der Waals surface area contributed by atoms with Gasteiger partial charge in [-0.3, -0.25) is 0 Å². The van der Waals surface area contributed by atoms with Crippen LogP contribution in [0.15, 0.2) is 29.3 Å². The van der Waals surface area contributed by atoms with E-state index >= 15 is 0 Å². The van der Waals surface area contributed by atoms with Crippen molar-refractivity contribution in [2.24, 2.45) is 10.9 Å². The van der Waals surface area contributed by atoms with Crippen molar-refractivity contribution in [3.63, 3.8) is 0 Å². The topological polar surface area (TPSA) is 42.9 Å². The molecule has 1 unspecified atom stereocenters. The normalized spacial score (nSPS) is 18.1. The Morgan fingerprint density at radius 2 is 1.75 bits per heavy atom. The lowest BCUT2D eigenvalue weighted by Gasteiger charge is -2.34. The number of hydrogen-bond acceptors (Lipinski definition) is 3. The summed E-state index contributed by atoms with van der Waals surface area (Å²) in [7, 11) is 2.15. The minimum Gasteiger partial charge on any atom is -0.357 e. The predicted molar refractivity (Wildman–Crippen MR) is 107 cm³/mol. The van der Waals surface area contributed by atoms with Gasteiger partial charge in [0, 0.05) is 45.8 Å². The van der Waals surface area contributed by atoms with Crippen LogP contribution >= 0.6 is 0 Å². The Morgan fingerprint density at radius 3 is 2.32 bits per heavy atom. The Balaban J connectivity index is 1.82. The molecule has 0 bridgehead atoms. The zero-order valence-electron chi connectivity index (χ0n) is 17.0. The number of likely N-dealkylation sites (N-methyl/N-ethyl adjacent to an activating group) is 1. The van der Waals surface area contributed by atoms with E-state index in [2.05, 4.69) is 39.4 Å². The fraction of sp³-hybridized carbons (Fsp3) is 0.650. The van der Waals surface area contributed by atoms with Gasteiger partial charge in [0.15, 0.2) is 5.96 Å². The molecule has 0 aromatic heterocycles. The first kappa shape index (κ1) is 22.5. The summed E-state index contributed by atoms with van der Waals surface area (Å²) in [6.45, 7) is 11.5. The summed E-state index contributed by atoms with van der Waals surface area (Å²) in [5.74, 6) is 1.16. The standard InChI is InChI=1S/C20H32F3N5/c1-4-24-19(25-13-16(2)15-28-11-9-27(3)10-12-28)26-14-17-5-7-18(8-6-17)20(21,22)23/h5-8,16H,4,9-15H2,1-3H3,(H2,24,25,26). The third-order valence-electron chi connectivity index (χ3n) is 4.83. The summed E-state index contributed by atoms with van der Waals surface area (Å²) in [5, 5.41) is 6.54. The van der Waals surface area contributed by atoms with Gasteiger partial charge < -0.3 is 20.4 Å². The van der Waals surface area contributed by atoms with Crippen molar-refractivity contribution in [2.45, 2.75) is 26.6 Å². The molecular weight excluding hydrogens is 367 g/mol. The van der Waals surface area contributed by atoms with E-state index in [9.17, 15) is 13.2 Å². The van der Waals surface area contributed by atoms with Gasteiger partial charge in [0.05, 0.1) is 12.1 Å². The molecule has 0 radical (unpaired) electrons. The molecule has 1 aromatic carbocycles. The van der Waals surface area contributed by atoms with Crippen LogP contribution in [0.2, 0.25) is 0 Å². The molecule has 5 nitrogen and oxygen atoms in total. The summed E-state index contributed by atoms with van der Waals surface area (Å²) in [4.78, 5) is 9.33. The lowest BCUT2D eigenvalue weighted by atomic mass is 10.1. The number of alkyl halides is 3. The van der Waals surface area contributed by atoms with Crippen molar-refractivity contribution in [3.8, 4) is 0 Å². The molecule has 1 fully saturated rings. The molecule has 158 valence electrons. The van der Waals surface area contributed by atoms with E-state index in [0.717, 1.165) is 63.5 Å². The van der Waals surface area contributed by atoms with Gasteiger partial charge in [-0.05, 0) is 37.6 Å². The van der Waals surface area contributed by atoms with Crippen LogP contribution in [0.1, 0.15) is 25.0 Å². The van der Waals surface area contributed by atoms with Gasteiger partial charge in [0.25, 0.3) is 0 Å². The Hall–Kier alpha value is -1.80. The van der Waals surface area contributed by atoms with E-state index < -0.39 is 11.7 Å². The maximum Gasteiger partial charge on any atom is 0.416 e. The highest BCUT2D eigenvalue weighted by molar-refractivity contribution is 5.79. The molecule has 2 N–H and O–H groups in total. The number of guanidine groups is 1. The van der Waals surface area contributed by atoms with Crippen molar-refractivity contribution >= 4 is 5.96 Å². The summed E-state index contributed by atoms with van der Waals surface area (Å²) < 4.78 is 37.9. The average molecular weight is 400 g/mol. The van der Waals surface area contributed by atoms with Crippen LogP contribution in [0, 0.1) is 5.92 Å². The Morgan fingerprint density at radius 1 is 1.11 bits per heavy atom. The van der Waals surface area contributed by atoms with Crippen LogP contribution in [0.5, 0.6) is 0 Å². The number of hydrogen-bond donors (Lipinski definition) is 2. The van der Waals surface area contributed by atoms with E-state index in [0.29, 0.717) is 18.4 Å². The van der Waals surface area contributed by atoms with Crippen molar-refractivity contribution in [3.05, 3.63) is 35.4 Å². The number of piperazine rings is 1. The summed E-state index contributed by atoms with van der Waals surface area (Å²) >= 11 is 0. The van der Waals surface area contributed by atoms with Crippen LogP contribution in [-0.4, -0.2) is 68.6 Å². The first-order valence-corrected chi connectivity index (χ1v) is 9.87. The molecule has 1 atom stereocenters. The molecule has 0 amide bonds. The highest BCUT2D eigenvalue weighted by Gasteiger charge is 2.29. The van der Waals surface area contributed by atoms with Crippen molar-refractivity contribution in [2.75, 3.05) is 52.9 Å². The molecule has 1 heterocycles. The SMILES string of the molecule is CCNC(=NCc1ccc(C(F)(F)F)cc1)NCC(C)CN1CCN(C)CC1. The smallest absolute Gasteiger partial charge is 0.357 e. The molecule has 0 saturated carbocycles. The highest BCUT2D eigenvalue weighted by atomic mass is 19.4. The zero-order chi connectivity index (χ0) is 20.6. The number of halogens is 3. The molecule has 2 rings (SSSR count). The minimum absolute atomic E-state index is 0.334. The number of benzene rings is 1. The Labute approximate surface area is 166 Å². The van der Waals surface area contributed by atoms with Crippen LogP contribution in [0.3, 0.4) is 0 Å².